The number of guanidine groups is 1. The monoisotopic (exact) mass is 257 g/mol. The Morgan fingerprint density at radius 2 is 2.05 bits per heavy atom. The lowest BCUT2D eigenvalue weighted by molar-refractivity contribution is -0.124. The molecule has 0 radical (unpaired) electrons. The molecule has 100 valence electrons. The lowest BCUT2D eigenvalue weighted by atomic mass is 9.86. The molecule has 1 aliphatic carbocycles. The van der Waals surface area contributed by atoms with Crippen molar-refractivity contribution in [2.45, 2.75) is 44.2 Å². The first-order valence-corrected chi connectivity index (χ1v) is 6.97. The maximum Gasteiger partial charge on any atom is 0.257 e. The molecular formula is C15H19N3O. The van der Waals surface area contributed by atoms with Crippen LogP contribution in [0.5, 0.6) is 0 Å². The fourth-order valence-electron chi connectivity index (χ4n) is 2.58. The van der Waals surface area contributed by atoms with Crippen molar-refractivity contribution in [3.8, 4) is 0 Å². The van der Waals surface area contributed by atoms with E-state index in [2.05, 4.69) is 22.5 Å². The molecule has 0 bridgehead atoms. The van der Waals surface area contributed by atoms with E-state index in [0.29, 0.717) is 12.0 Å². The van der Waals surface area contributed by atoms with Crippen LogP contribution >= 0.6 is 0 Å². The van der Waals surface area contributed by atoms with Crippen LogP contribution in [0.3, 0.4) is 0 Å². The van der Waals surface area contributed by atoms with Crippen LogP contribution in [-0.2, 0) is 10.3 Å². The Morgan fingerprint density at radius 3 is 2.68 bits per heavy atom. The molecular weight excluding hydrogens is 238 g/mol. The SMILES string of the molecule is CCCC1(c2ccccc2)NC(=NC2CC2)NC1=O. The van der Waals surface area contributed by atoms with Gasteiger partial charge in [0.1, 0.15) is 5.54 Å². The minimum atomic E-state index is -0.649. The van der Waals surface area contributed by atoms with Crippen LogP contribution in [0.25, 0.3) is 0 Å². The summed E-state index contributed by atoms with van der Waals surface area (Å²) in [5, 5.41) is 6.23. The quantitative estimate of drug-likeness (QED) is 0.866. The van der Waals surface area contributed by atoms with E-state index in [9.17, 15) is 4.79 Å². The number of amides is 1. The summed E-state index contributed by atoms with van der Waals surface area (Å²) in [6, 6.07) is 10.3. The van der Waals surface area contributed by atoms with Crippen LogP contribution in [0.4, 0.5) is 0 Å². The Morgan fingerprint density at radius 1 is 1.32 bits per heavy atom. The number of aliphatic imine (C=N–C) groups is 1. The summed E-state index contributed by atoms with van der Waals surface area (Å²) in [5.41, 5.74) is 0.361. The predicted molar refractivity (Wildman–Crippen MR) is 74.8 cm³/mol. The molecule has 1 aromatic rings. The van der Waals surface area contributed by atoms with Crippen LogP contribution in [-0.4, -0.2) is 17.9 Å². The maximum atomic E-state index is 12.4. The topological polar surface area (TPSA) is 53.5 Å². The van der Waals surface area contributed by atoms with Crippen molar-refractivity contribution in [1.82, 2.24) is 10.6 Å². The molecule has 1 unspecified atom stereocenters. The van der Waals surface area contributed by atoms with Gasteiger partial charge in [0.25, 0.3) is 5.91 Å². The van der Waals surface area contributed by atoms with Crippen LogP contribution in [0.1, 0.15) is 38.2 Å². The average Bonchev–Trinajstić information content (AvgIpc) is 3.17. The second-order valence-corrected chi connectivity index (χ2v) is 5.31. The van der Waals surface area contributed by atoms with Crippen molar-refractivity contribution in [2.24, 2.45) is 4.99 Å². The van der Waals surface area contributed by atoms with Gasteiger partial charge in [0.05, 0.1) is 6.04 Å². The van der Waals surface area contributed by atoms with Gasteiger partial charge in [-0.3, -0.25) is 10.1 Å². The molecule has 1 aromatic carbocycles. The fraction of sp³-hybridized carbons (Fsp3) is 0.467. The summed E-state index contributed by atoms with van der Waals surface area (Å²) < 4.78 is 0. The Labute approximate surface area is 113 Å². The zero-order valence-electron chi connectivity index (χ0n) is 11.1. The number of carbonyl (C=O) groups excluding carboxylic acids is 1. The molecule has 1 saturated heterocycles. The van der Waals surface area contributed by atoms with Gasteiger partial charge < -0.3 is 5.32 Å². The van der Waals surface area contributed by atoms with Gasteiger partial charge in [-0.1, -0.05) is 43.7 Å². The van der Waals surface area contributed by atoms with Crippen LogP contribution < -0.4 is 10.6 Å². The molecule has 2 N–H and O–H groups in total. The van der Waals surface area contributed by atoms with Gasteiger partial charge in [0.15, 0.2) is 5.96 Å². The second-order valence-electron chi connectivity index (χ2n) is 5.31. The molecule has 3 rings (SSSR count). The van der Waals surface area contributed by atoms with Crippen molar-refractivity contribution in [1.29, 1.82) is 0 Å². The van der Waals surface area contributed by atoms with E-state index < -0.39 is 5.54 Å². The maximum absolute atomic E-state index is 12.4. The van der Waals surface area contributed by atoms with Crippen molar-refractivity contribution < 1.29 is 4.79 Å². The minimum Gasteiger partial charge on any atom is -0.338 e. The Balaban J connectivity index is 1.94. The summed E-state index contributed by atoms with van der Waals surface area (Å²) in [5.74, 6) is 0.657. The van der Waals surface area contributed by atoms with Crippen molar-refractivity contribution >= 4 is 11.9 Å². The third kappa shape index (κ3) is 2.23. The van der Waals surface area contributed by atoms with E-state index in [0.717, 1.165) is 31.2 Å². The van der Waals surface area contributed by atoms with E-state index in [-0.39, 0.29) is 5.91 Å². The molecule has 1 heterocycles. The summed E-state index contributed by atoms with van der Waals surface area (Å²) in [6.07, 6.45) is 3.97. The van der Waals surface area contributed by atoms with Crippen molar-refractivity contribution in [3.05, 3.63) is 35.9 Å². The van der Waals surface area contributed by atoms with E-state index in [1.165, 1.54) is 0 Å². The highest BCUT2D eigenvalue weighted by Crippen LogP contribution is 2.31. The van der Waals surface area contributed by atoms with Crippen LogP contribution in [0.2, 0.25) is 0 Å². The molecule has 1 atom stereocenters. The Kier molecular flexibility index (Phi) is 3.01. The molecule has 0 spiro atoms. The number of nitrogens with one attached hydrogen (secondary N) is 2. The van der Waals surface area contributed by atoms with Crippen LogP contribution in [0.15, 0.2) is 35.3 Å². The number of carbonyl (C=O) groups is 1. The van der Waals surface area contributed by atoms with Gasteiger partial charge in [-0.2, -0.15) is 0 Å². The van der Waals surface area contributed by atoms with E-state index in [1.54, 1.807) is 0 Å². The van der Waals surface area contributed by atoms with E-state index >= 15 is 0 Å². The summed E-state index contributed by atoms with van der Waals surface area (Å²) in [7, 11) is 0. The van der Waals surface area contributed by atoms with Crippen molar-refractivity contribution in [2.75, 3.05) is 0 Å². The molecule has 2 fully saturated rings. The van der Waals surface area contributed by atoms with Gasteiger partial charge in [0.2, 0.25) is 0 Å². The first kappa shape index (κ1) is 12.2. The summed E-state index contributed by atoms with van der Waals surface area (Å²) in [4.78, 5) is 17.0. The molecule has 1 saturated carbocycles. The minimum absolute atomic E-state index is 0.0138. The predicted octanol–water partition coefficient (Wildman–Crippen LogP) is 1.92. The van der Waals surface area contributed by atoms with Crippen molar-refractivity contribution in [3.63, 3.8) is 0 Å². The fourth-order valence-corrected chi connectivity index (χ4v) is 2.58. The van der Waals surface area contributed by atoms with Gasteiger partial charge in [-0.25, -0.2) is 4.99 Å². The number of benzene rings is 1. The third-order valence-electron chi connectivity index (χ3n) is 3.70. The van der Waals surface area contributed by atoms with Gasteiger partial charge in [-0.05, 0) is 24.8 Å². The average molecular weight is 257 g/mol. The highest BCUT2D eigenvalue weighted by molar-refractivity contribution is 6.09. The smallest absolute Gasteiger partial charge is 0.257 e. The zero-order chi connectivity index (χ0) is 13.3. The molecule has 19 heavy (non-hydrogen) atoms. The first-order chi connectivity index (χ1) is 9.24. The van der Waals surface area contributed by atoms with Gasteiger partial charge >= 0.3 is 0 Å². The number of nitrogens with zero attached hydrogens (tertiary/aromatic N) is 1. The van der Waals surface area contributed by atoms with Gasteiger partial charge in [-0.15, -0.1) is 0 Å². The lowest BCUT2D eigenvalue weighted by Crippen LogP contribution is -2.43. The van der Waals surface area contributed by atoms with E-state index in [4.69, 9.17) is 0 Å². The van der Waals surface area contributed by atoms with Crippen LogP contribution in [0, 0.1) is 0 Å². The molecule has 2 aliphatic rings. The Hall–Kier alpha value is -1.84. The third-order valence-corrected chi connectivity index (χ3v) is 3.70. The largest absolute Gasteiger partial charge is 0.338 e. The van der Waals surface area contributed by atoms with Gasteiger partial charge in [0, 0.05) is 0 Å². The standard InChI is InChI=1S/C15H19N3O/c1-2-10-15(11-6-4-3-5-7-11)13(19)17-14(18-15)16-12-8-9-12/h3-7,12H,2,8-10H2,1H3,(H2,16,17,18,19). The molecule has 0 aromatic heterocycles. The summed E-state index contributed by atoms with van der Waals surface area (Å²) in [6.45, 7) is 2.09. The number of hydrogen-bond donors (Lipinski definition) is 2. The number of hydrogen-bond acceptors (Lipinski definition) is 2. The zero-order valence-corrected chi connectivity index (χ0v) is 11.1. The summed E-state index contributed by atoms with van der Waals surface area (Å²) >= 11 is 0. The second kappa shape index (κ2) is 4.68. The first-order valence-electron chi connectivity index (χ1n) is 6.97. The van der Waals surface area contributed by atoms with E-state index in [1.807, 2.05) is 30.3 Å². The highest BCUT2D eigenvalue weighted by atomic mass is 16.2. The molecule has 1 amide bonds. The normalized spacial score (nSPS) is 28.3. The Bertz CT molecular complexity index is 507. The lowest BCUT2D eigenvalue weighted by Gasteiger charge is -2.26. The molecule has 4 heteroatoms. The molecule has 1 aliphatic heterocycles. The highest BCUT2D eigenvalue weighted by Gasteiger charge is 2.46. The number of rotatable bonds is 4. The molecule has 4 nitrogen and oxygen atoms in total.